The summed E-state index contributed by atoms with van der Waals surface area (Å²) in [5, 5.41) is 25.1. The molecular formula is C90H112N16O21S. The molecule has 37 nitrogen and oxygen atoms in total. The normalized spacial score (nSPS) is 18.9. The van der Waals surface area contributed by atoms with Crippen LogP contribution in [0.25, 0.3) is 44.6 Å². The highest BCUT2D eigenvalue weighted by molar-refractivity contribution is 7.86. The van der Waals surface area contributed by atoms with E-state index in [1.807, 2.05) is 83.1 Å². The van der Waals surface area contributed by atoms with Gasteiger partial charge in [-0.2, -0.15) is 18.6 Å². The molecule has 15 rings (SSSR count). The SMILES string of the molecule is C.CC(C)Oc1ccc2[nH]nc(-c3cc(N4C[C@@H](C)N(CCOCCOCCOCCOc5ccc6c(c5)C(=O)N(C5CCC(=O)NC5=O)C6=O)[C@@H](C)C4)ncn3)c2c1.CC(C)Oc1ccc2[nH]nc(-c3cc(N4C[C@@H](C)N[C@@H](C)C4)ncn3)c2c1.Cc1ccc(S(=O)(=O)OCCOCCOCCOCCOc2ccc3c(c2)C(=O)N(C2CCC(=O)NC2=O)C3=O)cc1. The van der Waals surface area contributed by atoms with Crippen LogP contribution in [0.5, 0.6) is 23.0 Å². The number of hydrogen-bond acceptors (Lipinski definition) is 31. The number of nitrogens with one attached hydrogen (secondary N) is 5. The molecule has 6 aliphatic rings. The largest absolute Gasteiger partial charge is 0.491 e. The van der Waals surface area contributed by atoms with Crippen molar-refractivity contribution in [3.05, 3.63) is 150 Å². The Kier molecular flexibility index (Phi) is 33.3. The lowest BCUT2D eigenvalue weighted by Crippen LogP contribution is -2.57. The Bertz CT molecular complexity index is 5480. The lowest BCUT2D eigenvalue weighted by atomic mass is 10.0. The Labute approximate surface area is 742 Å². The van der Waals surface area contributed by atoms with Crippen LogP contribution < -0.4 is 44.7 Å². The molecule has 684 valence electrons. The van der Waals surface area contributed by atoms with E-state index in [1.165, 1.54) is 36.4 Å². The molecule has 128 heavy (non-hydrogen) atoms. The van der Waals surface area contributed by atoms with Gasteiger partial charge in [-0.05, 0) is 160 Å². The zero-order valence-electron chi connectivity index (χ0n) is 72.5. The number of amides is 8. The first-order chi connectivity index (χ1) is 61.2. The summed E-state index contributed by atoms with van der Waals surface area (Å²) in [5.74, 6) is -0.284. The molecule has 0 radical (unpaired) electrons. The number of rotatable bonds is 38. The van der Waals surface area contributed by atoms with Crippen LogP contribution in [0.4, 0.5) is 11.6 Å². The molecule has 9 aromatic rings. The maximum absolute atomic E-state index is 13.0. The fraction of sp³-hybridized carbons (Fsp3) is 0.467. The van der Waals surface area contributed by atoms with Crippen molar-refractivity contribution in [3.8, 4) is 45.8 Å². The third-order valence-electron chi connectivity index (χ3n) is 21.5. The lowest BCUT2D eigenvalue weighted by molar-refractivity contribution is -0.137. The van der Waals surface area contributed by atoms with Crippen LogP contribution in [0.2, 0.25) is 0 Å². The van der Waals surface area contributed by atoms with Gasteiger partial charge in [0.2, 0.25) is 23.6 Å². The number of piperidine rings is 2. The van der Waals surface area contributed by atoms with Crippen molar-refractivity contribution in [2.75, 3.05) is 142 Å². The summed E-state index contributed by atoms with van der Waals surface area (Å²) in [6.45, 7) is 27.5. The second-order valence-electron chi connectivity index (χ2n) is 31.9. The van der Waals surface area contributed by atoms with E-state index in [1.54, 1.807) is 36.9 Å². The molecule has 8 amide bonds. The molecule has 0 saturated carbocycles. The van der Waals surface area contributed by atoms with Crippen LogP contribution in [-0.4, -0.2) is 291 Å². The number of fused-ring (bicyclic) bond motifs is 4. The van der Waals surface area contributed by atoms with Gasteiger partial charge in [0.1, 0.15) is 84.0 Å². The zero-order chi connectivity index (χ0) is 89.8. The predicted octanol–water partition coefficient (Wildman–Crippen LogP) is 8.10. The quantitative estimate of drug-likeness (QED) is 0.0138. The minimum absolute atomic E-state index is 0. The van der Waals surface area contributed by atoms with Crippen molar-refractivity contribution in [2.24, 2.45) is 0 Å². The first kappa shape index (κ1) is 95.3. The number of piperazine rings is 2. The van der Waals surface area contributed by atoms with E-state index in [-0.39, 0.29) is 124 Å². The van der Waals surface area contributed by atoms with Crippen molar-refractivity contribution in [2.45, 2.75) is 149 Å². The number of aryl methyl sites for hydroxylation is 1. The van der Waals surface area contributed by atoms with Crippen molar-refractivity contribution in [3.63, 3.8) is 0 Å². The highest BCUT2D eigenvalue weighted by Gasteiger charge is 2.47. The van der Waals surface area contributed by atoms with Gasteiger partial charge in [-0.15, -0.1) is 0 Å². The number of aromatic nitrogens is 8. The molecule has 5 N–H and O–H groups in total. The number of aromatic amines is 2. The Morgan fingerprint density at radius 1 is 0.438 bits per heavy atom. The second kappa shape index (κ2) is 44.7. The molecule has 6 aliphatic heterocycles. The van der Waals surface area contributed by atoms with Gasteiger partial charge in [0.05, 0.1) is 148 Å². The van der Waals surface area contributed by atoms with Crippen molar-refractivity contribution < 1.29 is 98.3 Å². The summed E-state index contributed by atoms with van der Waals surface area (Å²) in [6, 6.07) is 30.8. The van der Waals surface area contributed by atoms with E-state index in [9.17, 15) is 46.8 Å². The number of anilines is 2. The average Bonchev–Trinajstić information content (AvgIpc) is 1.61. The molecular weight excluding hydrogens is 1670 g/mol. The van der Waals surface area contributed by atoms with Crippen molar-refractivity contribution >= 4 is 90.8 Å². The van der Waals surface area contributed by atoms with E-state index in [0.29, 0.717) is 83.0 Å². The summed E-state index contributed by atoms with van der Waals surface area (Å²) >= 11 is 0. The second-order valence-corrected chi connectivity index (χ2v) is 33.5. The average molecular weight is 1790 g/mol. The monoisotopic (exact) mass is 1780 g/mol. The van der Waals surface area contributed by atoms with E-state index >= 15 is 0 Å². The van der Waals surface area contributed by atoms with Crippen LogP contribution in [0.15, 0.2) is 127 Å². The maximum atomic E-state index is 13.0. The molecule has 2 unspecified atom stereocenters. The Morgan fingerprint density at radius 3 is 1.25 bits per heavy atom. The molecule has 0 bridgehead atoms. The molecule has 0 spiro atoms. The summed E-state index contributed by atoms with van der Waals surface area (Å²) in [5.41, 5.74) is 6.66. The minimum atomic E-state index is -3.82. The van der Waals surface area contributed by atoms with Crippen LogP contribution in [0.1, 0.15) is 135 Å². The lowest BCUT2D eigenvalue weighted by Gasteiger charge is -2.44. The molecule has 10 heterocycles. The van der Waals surface area contributed by atoms with Crippen LogP contribution in [-0.2, 0) is 61.9 Å². The molecule has 4 fully saturated rings. The summed E-state index contributed by atoms with van der Waals surface area (Å²) in [7, 11) is -3.82. The summed E-state index contributed by atoms with van der Waals surface area (Å²) in [4.78, 5) is 126. The smallest absolute Gasteiger partial charge is 0.297 e. The van der Waals surface area contributed by atoms with Crippen LogP contribution in [0, 0.1) is 6.92 Å². The third-order valence-corrected chi connectivity index (χ3v) is 22.8. The number of nitrogens with zero attached hydrogens (tertiary/aromatic N) is 11. The number of ether oxygens (including phenoxy) is 10. The number of hydrogen-bond donors (Lipinski definition) is 5. The van der Waals surface area contributed by atoms with Gasteiger partial charge in [0.15, 0.2) is 0 Å². The van der Waals surface area contributed by atoms with Gasteiger partial charge in [-0.25, -0.2) is 19.9 Å². The van der Waals surface area contributed by atoms with Crippen LogP contribution >= 0.6 is 0 Å². The molecule has 4 aromatic heterocycles. The van der Waals surface area contributed by atoms with Gasteiger partial charge >= 0.3 is 0 Å². The van der Waals surface area contributed by atoms with E-state index in [4.69, 9.17) is 51.6 Å². The first-order valence-corrected chi connectivity index (χ1v) is 44.0. The van der Waals surface area contributed by atoms with E-state index < -0.39 is 69.5 Å². The maximum Gasteiger partial charge on any atom is 0.297 e. The topological polar surface area (TPSA) is 433 Å². The van der Waals surface area contributed by atoms with Gasteiger partial charge < -0.3 is 62.5 Å². The van der Waals surface area contributed by atoms with Gasteiger partial charge in [0, 0.05) is 92.6 Å². The fourth-order valence-electron chi connectivity index (χ4n) is 15.6. The number of carbonyl (C=O) groups excluding carboxylic acids is 8. The summed E-state index contributed by atoms with van der Waals surface area (Å²) < 4.78 is 85.6. The van der Waals surface area contributed by atoms with Crippen molar-refractivity contribution in [1.29, 1.82) is 0 Å². The number of benzene rings is 5. The van der Waals surface area contributed by atoms with Gasteiger partial charge in [-0.1, -0.05) is 25.1 Å². The third kappa shape index (κ3) is 24.5. The Balaban J connectivity index is 0.000000185. The first-order valence-electron chi connectivity index (χ1n) is 42.6. The molecule has 6 atom stereocenters. The van der Waals surface area contributed by atoms with Crippen LogP contribution in [0.3, 0.4) is 0 Å². The fourth-order valence-corrected chi connectivity index (χ4v) is 16.5. The van der Waals surface area contributed by atoms with E-state index in [0.717, 1.165) is 116 Å². The zero-order valence-corrected chi connectivity index (χ0v) is 73.4. The summed E-state index contributed by atoms with van der Waals surface area (Å²) in [6.07, 6.45) is 3.73. The predicted molar refractivity (Wildman–Crippen MR) is 471 cm³/mol. The van der Waals surface area contributed by atoms with Gasteiger partial charge in [-0.3, -0.25) is 78.1 Å². The van der Waals surface area contributed by atoms with Crippen molar-refractivity contribution in [1.82, 2.24) is 71.0 Å². The van der Waals surface area contributed by atoms with Gasteiger partial charge in [0.25, 0.3) is 33.7 Å². The number of imide groups is 4. The highest BCUT2D eigenvalue weighted by Crippen LogP contribution is 2.36. The van der Waals surface area contributed by atoms with E-state index in [2.05, 4.69) is 98.7 Å². The Hall–Kier alpha value is -11.9. The molecule has 4 saturated heterocycles. The highest BCUT2D eigenvalue weighted by atomic mass is 32.2. The molecule has 0 aliphatic carbocycles. The standard InChI is InChI=1S/C41H50N8O9.C28H32N2O11S.C20H26N6O.CH4/c1-25(2)58-29-6-8-33-32(20-29)38(46-45-33)34-21-36(43-24-42-34)47-22-26(3)48(27(4)23-47)11-12-54-13-14-55-15-16-56-17-18-57-28-5-7-30-31(19-28)41(53)49(40(30)52)35-9-10-37(50)44-39(35)51;1-19-2-5-21(6-3-19)42(35,36)41-17-15-39-13-11-37-10-12-38-14-16-40-20-4-7-22-23(18-20)28(34)30(27(22)33)24-8-9-25(31)29-26(24)32;1-12(2)27-15-5-6-17-16(7-15)20(25-24-17)18-8-19(22-11-21-18)26-9-13(3)23-14(4)10-26;/h5-8,19-21,24-27,35H,9-18,22-23H2,1-4H3,(H,45,46)(H,44,50,51);2-7,18,24H,8-17H2,1H3,(H,29,31,32);5-8,11-14,23H,9-10H2,1-4H3,(H,24,25);1H4/t26-,27+,35?;;13-,14+;. The Morgan fingerprint density at radius 2 is 0.828 bits per heavy atom. The number of carbonyl (C=O) groups is 8. The molecule has 38 heteroatoms. The number of H-pyrrole nitrogens is 2. The minimum Gasteiger partial charge on any atom is -0.491 e. The molecule has 5 aromatic carbocycles.